The highest BCUT2D eigenvalue weighted by Crippen LogP contribution is 2.37. The van der Waals surface area contributed by atoms with Gasteiger partial charge >= 0.3 is 0 Å². The van der Waals surface area contributed by atoms with Crippen molar-refractivity contribution in [3.05, 3.63) is 0 Å². The largest absolute Gasteiger partial charge is 0.377 e. The zero-order chi connectivity index (χ0) is 10.6. The van der Waals surface area contributed by atoms with Gasteiger partial charge in [0.2, 0.25) is 0 Å². The molecule has 0 bridgehead atoms. The van der Waals surface area contributed by atoms with Gasteiger partial charge in [-0.2, -0.15) is 0 Å². The van der Waals surface area contributed by atoms with Crippen LogP contribution in [0, 0.1) is 5.92 Å². The molecule has 2 unspecified atom stereocenters. The highest BCUT2D eigenvalue weighted by Gasteiger charge is 2.41. The van der Waals surface area contributed by atoms with Crippen LogP contribution >= 0.6 is 0 Å². The molecule has 0 saturated heterocycles. The van der Waals surface area contributed by atoms with Crippen molar-refractivity contribution in [1.82, 2.24) is 0 Å². The highest BCUT2D eigenvalue weighted by molar-refractivity contribution is 4.97. The van der Waals surface area contributed by atoms with Gasteiger partial charge in [-0.25, -0.2) is 0 Å². The summed E-state index contributed by atoms with van der Waals surface area (Å²) < 4.78 is 5.70. The first kappa shape index (κ1) is 12.0. The maximum Gasteiger partial charge on any atom is 0.0831 e. The first-order valence-corrected chi connectivity index (χ1v) is 5.97. The summed E-state index contributed by atoms with van der Waals surface area (Å²) in [5, 5.41) is 0. The lowest BCUT2D eigenvalue weighted by Crippen LogP contribution is -2.51. The average Bonchev–Trinajstić information content (AvgIpc) is 2.66. The lowest BCUT2D eigenvalue weighted by atomic mass is 9.82. The van der Waals surface area contributed by atoms with E-state index in [1.165, 1.54) is 25.7 Å². The van der Waals surface area contributed by atoms with Crippen LogP contribution in [0.1, 0.15) is 52.4 Å². The lowest BCUT2D eigenvalue weighted by Gasteiger charge is -2.37. The fraction of sp³-hybridized carbons (Fsp3) is 1.00. The Morgan fingerprint density at radius 2 is 1.93 bits per heavy atom. The van der Waals surface area contributed by atoms with Gasteiger partial charge in [-0.05, 0) is 25.2 Å². The average molecular weight is 199 g/mol. The van der Waals surface area contributed by atoms with Gasteiger partial charge in [-0.15, -0.1) is 0 Å². The summed E-state index contributed by atoms with van der Waals surface area (Å²) in [4.78, 5) is 0. The van der Waals surface area contributed by atoms with Crippen molar-refractivity contribution in [3.63, 3.8) is 0 Å². The monoisotopic (exact) mass is 199 g/mol. The third kappa shape index (κ3) is 2.29. The number of hydrogen-bond acceptors (Lipinski definition) is 2. The van der Waals surface area contributed by atoms with Crippen molar-refractivity contribution < 1.29 is 4.74 Å². The SMILES string of the molecule is CCCC(C)C(N)C1(OC)CCCC1. The van der Waals surface area contributed by atoms with E-state index in [4.69, 9.17) is 10.5 Å². The van der Waals surface area contributed by atoms with Gasteiger partial charge in [-0.1, -0.05) is 33.1 Å². The Morgan fingerprint density at radius 1 is 1.36 bits per heavy atom. The lowest BCUT2D eigenvalue weighted by molar-refractivity contribution is -0.0394. The van der Waals surface area contributed by atoms with Crippen molar-refractivity contribution in [2.45, 2.75) is 64.0 Å². The molecule has 0 amide bonds. The van der Waals surface area contributed by atoms with Crippen LogP contribution in [0.15, 0.2) is 0 Å². The van der Waals surface area contributed by atoms with E-state index in [2.05, 4.69) is 13.8 Å². The second-order valence-electron chi connectivity index (χ2n) is 4.77. The van der Waals surface area contributed by atoms with Crippen LogP contribution in [0.5, 0.6) is 0 Å². The number of methoxy groups -OCH3 is 1. The van der Waals surface area contributed by atoms with Crippen LogP contribution in [-0.2, 0) is 4.74 Å². The molecular formula is C12H25NO. The summed E-state index contributed by atoms with van der Waals surface area (Å²) in [6.45, 7) is 4.48. The summed E-state index contributed by atoms with van der Waals surface area (Å²) in [6, 6.07) is 0.218. The summed E-state index contributed by atoms with van der Waals surface area (Å²) >= 11 is 0. The molecule has 2 heteroatoms. The molecule has 1 fully saturated rings. The Morgan fingerprint density at radius 3 is 2.36 bits per heavy atom. The van der Waals surface area contributed by atoms with Crippen LogP contribution in [0.2, 0.25) is 0 Å². The first-order chi connectivity index (χ1) is 6.66. The van der Waals surface area contributed by atoms with Crippen molar-refractivity contribution >= 4 is 0 Å². The van der Waals surface area contributed by atoms with Crippen LogP contribution in [0.4, 0.5) is 0 Å². The standard InChI is InChI=1S/C12H25NO/c1-4-7-10(2)11(13)12(14-3)8-5-6-9-12/h10-11H,4-9,13H2,1-3H3. The fourth-order valence-corrected chi connectivity index (χ4v) is 2.80. The highest BCUT2D eigenvalue weighted by atomic mass is 16.5. The minimum atomic E-state index is -0.00537. The van der Waals surface area contributed by atoms with E-state index < -0.39 is 0 Å². The molecule has 1 aliphatic carbocycles. The molecule has 0 aromatic rings. The molecule has 1 saturated carbocycles. The van der Waals surface area contributed by atoms with Crippen LogP contribution in [0.25, 0.3) is 0 Å². The van der Waals surface area contributed by atoms with E-state index in [-0.39, 0.29) is 11.6 Å². The molecule has 0 aliphatic heterocycles. The van der Waals surface area contributed by atoms with Crippen LogP contribution in [0.3, 0.4) is 0 Å². The van der Waals surface area contributed by atoms with Gasteiger partial charge in [0, 0.05) is 13.2 Å². The molecule has 0 spiro atoms. The zero-order valence-electron chi connectivity index (χ0n) is 9.88. The van der Waals surface area contributed by atoms with Crippen molar-refractivity contribution in [3.8, 4) is 0 Å². The maximum atomic E-state index is 6.33. The minimum absolute atomic E-state index is 0.00537. The summed E-state index contributed by atoms with van der Waals surface area (Å²) in [5.74, 6) is 0.582. The predicted molar refractivity (Wildman–Crippen MR) is 60.3 cm³/mol. The van der Waals surface area contributed by atoms with Crippen molar-refractivity contribution in [2.24, 2.45) is 11.7 Å². The number of rotatable bonds is 5. The van der Waals surface area contributed by atoms with E-state index in [9.17, 15) is 0 Å². The van der Waals surface area contributed by atoms with Crippen molar-refractivity contribution in [2.75, 3.05) is 7.11 Å². The molecule has 0 radical (unpaired) electrons. The van der Waals surface area contributed by atoms with E-state index in [0.29, 0.717) is 5.92 Å². The van der Waals surface area contributed by atoms with Gasteiger partial charge in [0.25, 0.3) is 0 Å². The quantitative estimate of drug-likeness (QED) is 0.739. The molecule has 0 aromatic carbocycles. The Labute approximate surface area is 88.2 Å². The Kier molecular flexibility index (Phi) is 4.39. The van der Waals surface area contributed by atoms with Crippen LogP contribution < -0.4 is 5.73 Å². The molecule has 84 valence electrons. The van der Waals surface area contributed by atoms with E-state index in [1.54, 1.807) is 0 Å². The van der Waals surface area contributed by atoms with Gasteiger partial charge in [0.1, 0.15) is 0 Å². The molecule has 0 aromatic heterocycles. The number of hydrogen-bond donors (Lipinski definition) is 1. The van der Waals surface area contributed by atoms with Gasteiger partial charge in [0.05, 0.1) is 5.60 Å². The second kappa shape index (κ2) is 5.13. The topological polar surface area (TPSA) is 35.2 Å². The van der Waals surface area contributed by atoms with E-state index >= 15 is 0 Å². The fourth-order valence-electron chi connectivity index (χ4n) is 2.80. The van der Waals surface area contributed by atoms with Crippen molar-refractivity contribution in [1.29, 1.82) is 0 Å². The molecule has 14 heavy (non-hydrogen) atoms. The molecule has 2 nitrogen and oxygen atoms in total. The molecule has 2 N–H and O–H groups in total. The smallest absolute Gasteiger partial charge is 0.0831 e. The number of ether oxygens (including phenoxy) is 1. The summed E-state index contributed by atoms with van der Waals surface area (Å²) in [6.07, 6.45) is 7.29. The maximum absolute atomic E-state index is 6.33. The molecule has 2 atom stereocenters. The molecular weight excluding hydrogens is 174 g/mol. The van der Waals surface area contributed by atoms with E-state index in [1.807, 2.05) is 7.11 Å². The first-order valence-electron chi connectivity index (χ1n) is 5.97. The normalized spacial score (nSPS) is 24.9. The number of nitrogens with two attached hydrogens (primary N) is 1. The summed E-state index contributed by atoms with van der Waals surface area (Å²) in [7, 11) is 1.82. The molecule has 1 aliphatic rings. The van der Waals surface area contributed by atoms with Gasteiger partial charge in [0.15, 0.2) is 0 Å². The second-order valence-corrected chi connectivity index (χ2v) is 4.77. The molecule has 1 rings (SSSR count). The van der Waals surface area contributed by atoms with Gasteiger partial charge in [-0.3, -0.25) is 0 Å². The van der Waals surface area contributed by atoms with Crippen LogP contribution in [-0.4, -0.2) is 18.8 Å². The van der Waals surface area contributed by atoms with E-state index in [0.717, 1.165) is 12.8 Å². The third-order valence-corrected chi connectivity index (χ3v) is 3.82. The Balaban J connectivity index is 2.59. The zero-order valence-corrected chi connectivity index (χ0v) is 9.88. The molecule has 0 heterocycles. The Hall–Kier alpha value is -0.0800. The minimum Gasteiger partial charge on any atom is -0.377 e. The van der Waals surface area contributed by atoms with Gasteiger partial charge < -0.3 is 10.5 Å². The third-order valence-electron chi connectivity index (χ3n) is 3.82. The summed E-state index contributed by atoms with van der Waals surface area (Å²) in [5.41, 5.74) is 6.32. The predicted octanol–water partition coefficient (Wildman–Crippen LogP) is 2.71. The Bertz CT molecular complexity index is 164.